The van der Waals surface area contributed by atoms with Crippen molar-refractivity contribution in [3.8, 4) is 5.75 Å². The minimum absolute atomic E-state index is 0.119. The number of benzene rings is 1. The number of nitrogens with zero attached hydrogens (tertiary/aromatic N) is 1. The van der Waals surface area contributed by atoms with Gasteiger partial charge in [0, 0.05) is 24.0 Å². The van der Waals surface area contributed by atoms with E-state index in [2.05, 4.69) is 10.3 Å². The maximum atomic E-state index is 11.8. The number of amides is 1. The van der Waals surface area contributed by atoms with Crippen LogP contribution in [0.25, 0.3) is 0 Å². The van der Waals surface area contributed by atoms with Crippen molar-refractivity contribution in [2.24, 2.45) is 0 Å². The molecule has 0 aliphatic heterocycles. The van der Waals surface area contributed by atoms with Gasteiger partial charge in [0.15, 0.2) is 0 Å². The number of hydrogen-bond donors (Lipinski definition) is 2. The lowest BCUT2D eigenvalue weighted by atomic mass is 10.1. The summed E-state index contributed by atoms with van der Waals surface area (Å²) in [5.74, 6) is -0.440. The minimum atomic E-state index is -0.321. The average Bonchev–Trinajstić information content (AvgIpc) is 2.39. The van der Waals surface area contributed by atoms with Crippen LogP contribution in [-0.2, 0) is 6.42 Å². The second kappa shape index (κ2) is 6.20. The highest BCUT2D eigenvalue weighted by atomic mass is 35.5. The number of phenols is 1. The second-order valence-corrected chi connectivity index (χ2v) is 4.47. The third-order valence-electron chi connectivity index (χ3n) is 2.63. The highest BCUT2D eigenvalue weighted by molar-refractivity contribution is 6.30. The number of aromatic hydroxyl groups is 1. The molecule has 4 nitrogen and oxygen atoms in total. The van der Waals surface area contributed by atoms with Crippen LogP contribution in [0.15, 0.2) is 42.7 Å². The summed E-state index contributed by atoms with van der Waals surface area (Å²) >= 11 is 5.71. The number of hydrogen-bond acceptors (Lipinski definition) is 3. The van der Waals surface area contributed by atoms with Gasteiger partial charge in [0.25, 0.3) is 5.91 Å². The van der Waals surface area contributed by atoms with E-state index in [1.165, 1.54) is 12.1 Å². The van der Waals surface area contributed by atoms with Gasteiger partial charge in [0.1, 0.15) is 5.75 Å². The molecule has 0 radical (unpaired) electrons. The van der Waals surface area contributed by atoms with Gasteiger partial charge in [-0.25, -0.2) is 0 Å². The highest BCUT2D eigenvalue weighted by Gasteiger charge is 2.10. The zero-order valence-electron chi connectivity index (χ0n) is 10.1. The molecule has 1 amide bonds. The Kier molecular flexibility index (Phi) is 4.36. The molecule has 1 aromatic carbocycles. The SMILES string of the molecule is O=C(NCCc1cccnc1)c1ccc(Cl)cc1O. The standard InChI is InChI=1S/C14H13ClN2O2/c15-11-3-4-12(13(18)8-11)14(19)17-7-5-10-2-1-6-16-9-10/h1-4,6,8-9,18H,5,7H2,(H,17,19). The van der Waals surface area contributed by atoms with Crippen LogP contribution in [-0.4, -0.2) is 22.5 Å². The Hall–Kier alpha value is -2.07. The molecule has 2 aromatic rings. The zero-order chi connectivity index (χ0) is 13.7. The molecule has 0 atom stereocenters. The van der Waals surface area contributed by atoms with Crippen molar-refractivity contribution in [1.29, 1.82) is 0 Å². The maximum absolute atomic E-state index is 11.8. The lowest BCUT2D eigenvalue weighted by Crippen LogP contribution is -2.25. The van der Waals surface area contributed by atoms with Gasteiger partial charge in [-0.15, -0.1) is 0 Å². The third-order valence-corrected chi connectivity index (χ3v) is 2.86. The van der Waals surface area contributed by atoms with Gasteiger partial charge < -0.3 is 10.4 Å². The van der Waals surface area contributed by atoms with E-state index < -0.39 is 0 Å². The molecule has 0 spiro atoms. The molecular weight excluding hydrogens is 264 g/mol. The van der Waals surface area contributed by atoms with Crippen molar-refractivity contribution in [3.05, 3.63) is 58.9 Å². The predicted molar refractivity (Wildman–Crippen MR) is 73.4 cm³/mol. The summed E-state index contributed by atoms with van der Waals surface area (Å²) in [6.45, 7) is 0.479. The molecule has 0 aliphatic carbocycles. The first-order valence-electron chi connectivity index (χ1n) is 5.82. The summed E-state index contributed by atoms with van der Waals surface area (Å²) in [5.41, 5.74) is 1.26. The van der Waals surface area contributed by atoms with E-state index in [1.807, 2.05) is 12.1 Å². The third kappa shape index (κ3) is 3.69. The van der Waals surface area contributed by atoms with Crippen LogP contribution in [0, 0.1) is 0 Å². The second-order valence-electron chi connectivity index (χ2n) is 4.03. The first-order valence-corrected chi connectivity index (χ1v) is 6.20. The van der Waals surface area contributed by atoms with Gasteiger partial charge in [-0.1, -0.05) is 17.7 Å². The number of nitrogens with one attached hydrogen (secondary N) is 1. The Morgan fingerprint density at radius 2 is 2.21 bits per heavy atom. The van der Waals surface area contributed by atoms with Gasteiger partial charge in [-0.3, -0.25) is 9.78 Å². The zero-order valence-corrected chi connectivity index (χ0v) is 10.9. The fourth-order valence-electron chi connectivity index (χ4n) is 1.66. The molecule has 1 heterocycles. The van der Waals surface area contributed by atoms with Crippen LogP contribution < -0.4 is 5.32 Å². The summed E-state index contributed by atoms with van der Waals surface area (Å²) in [7, 11) is 0. The quantitative estimate of drug-likeness (QED) is 0.901. The number of pyridine rings is 1. The van der Waals surface area contributed by atoms with Crippen LogP contribution in [0.4, 0.5) is 0 Å². The van der Waals surface area contributed by atoms with Crippen molar-refractivity contribution in [3.63, 3.8) is 0 Å². The summed E-state index contributed by atoms with van der Waals surface area (Å²) in [5, 5.41) is 12.8. The number of aromatic nitrogens is 1. The van der Waals surface area contributed by atoms with E-state index in [1.54, 1.807) is 18.5 Å². The van der Waals surface area contributed by atoms with Gasteiger partial charge in [0.05, 0.1) is 5.56 Å². The Morgan fingerprint density at radius 3 is 2.89 bits per heavy atom. The molecule has 98 valence electrons. The van der Waals surface area contributed by atoms with Crippen LogP contribution in [0.5, 0.6) is 5.75 Å². The number of halogens is 1. The van der Waals surface area contributed by atoms with E-state index in [0.717, 1.165) is 5.56 Å². The van der Waals surface area contributed by atoms with Crippen LogP contribution in [0.2, 0.25) is 5.02 Å². The summed E-state index contributed by atoms with van der Waals surface area (Å²) in [4.78, 5) is 15.8. The molecule has 0 fully saturated rings. The number of carbonyl (C=O) groups is 1. The molecule has 5 heteroatoms. The Balaban J connectivity index is 1.91. The monoisotopic (exact) mass is 276 g/mol. The lowest BCUT2D eigenvalue weighted by Gasteiger charge is -2.07. The number of phenolic OH excluding ortho intramolecular Hbond substituents is 1. The molecule has 0 aliphatic rings. The molecular formula is C14H13ClN2O2. The van der Waals surface area contributed by atoms with Crippen molar-refractivity contribution in [1.82, 2.24) is 10.3 Å². The first kappa shape index (κ1) is 13.4. The van der Waals surface area contributed by atoms with Crippen molar-refractivity contribution < 1.29 is 9.90 Å². The van der Waals surface area contributed by atoms with Crippen LogP contribution in [0.3, 0.4) is 0 Å². The number of carbonyl (C=O) groups excluding carboxylic acids is 1. The van der Waals surface area contributed by atoms with Gasteiger partial charge in [-0.05, 0) is 36.2 Å². The molecule has 0 bridgehead atoms. The highest BCUT2D eigenvalue weighted by Crippen LogP contribution is 2.21. The van der Waals surface area contributed by atoms with Gasteiger partial charge in [0.2, 0.25) is 0 Å². The van der Waals surface area contributed by atoms with Gasteiger partial charge >= 0.3 is 0 Å². The fraction of sp³-hybridized carbons (Fsp3) is 0.143. The fourth-order valence-corrected chi connectivity index (χ4v) is 1.82. The molecule has 1 aromatic heterocycles. The normalized spacial score (nSPS) is 10.2. The van der Waals surface area contributed by atoms with Crippen molar-refractivity contribution in [2.75, 3.05) is 6.54 Å². The van der Waals surface area contributed by atoms with Crippen molar-refractivity contribution in [2.45, 2.75) is 6.42 Å². The Bertz CT molecular complexity index is 573. The molecule has 2 N–H and O–H groups in total. The Morgan fingerprint density at radius 1 is 1.37 bits per heavy atom. The van der Waals surface area contributed by atoms with E-state index in [4.69, 9.17) is 11.6 Å². The van der Waals surface area contributed by atoms with Crippen LogP contribution in [0.1, 0.15) is 15.9 Å². The molecule has 0 saturated heterocycles. The average molecular weight is 277 g/mol. The summed E-state index contributed by atoms with van der Waals surface area (Å²) in [6, 6.07) is 8.20. The molecule has 0 saturated carbocycles. The predicted octanol–water partition coefficient (Wildman–Crippen LogP) is 2.41. The minimum Gasteiger partial charge on any atom is -0.507 e. The largest absolute Gasteiger partial charge is 0.507 e. The van der Waals surface area contributed by atoms with E-state index in [0.29, 0.717) is 18.0 Å². The summed E-state index contributed by atoms with van der Waals surface area (Å²) < 4.78 is 0. The lowest BCUT2D eigenvalue weighted by molar-refractivity contribution is 0.0951. The maximum Gasteiger partial charge on any atom is 0.255 e. The number of rotatable bonds is 4. The molecule has 19 heavy (non-hydrogen) atoms. The van der Waals surface area contributed by atoms with E-state index in [9.17, 15) is 9.90 Å². The van der Waals surface area contributed by atoms with E-state index >= 15 is 0 Å². The molecule has 2 rings (SSSR count). The summed E-state index contributed by atoms with van der Waals surface area (Å²) in [6.07, 6.45) is 4.15. The van der Waals surface area contributed by atoms with Crippen LogP contribution >= 0.6 is 11.6 Å². The Labute approximate surface area is 116 Å². The topological polar surface area (TPSA) is 62.2 Å². The van der Waals surface area contributed by atoms with E-state index in [-0.39, 0.29) is 17.2 Å². The van der Waals surface area contributed by atoms with Crippen molar-refractivity contribution >= 4 is 17.5 Å². The van der Waals surface area contributed by atoms with Gasteiger partial charge in [-0.2, -0.15) is 0 Å². The smallest absolute Gasteiger partial charge is 0.255 e. The first-order chi connectivity index (χ1) is 9.16. The molecule has 0 unspecified atom stereocenters.